The van der Waals surface area contributed by atoms with E-state index in [1.165, 1.54) is 30.3 Å². The highest BCUT2D eigenvalue weighted by Crippen LogP contribution is 2.27. The van der Waals surface area contributed by atoms with Crippen LogP contribution in [0, 0.1) is 10.1 Å². The van der Waals surface area contributed by atoms with E-state index < -0.39 is 27.5 Å². The van der Waals surface area contributed by atoms with Gasteiger partial charge in [-0.2, -0.15) is 0 Å². The fraction of sp³-hybridized carbons (Fsp3) is 0.188. The molecule has 138 valence electrons. The van der Waals surface area contributed by atoms with E-state index in [0.717, 1.165) is 10.4 Å². The first-order valence-electron chi connectivity index (χ1n) is 7.44. The Morgan fingerprint density at radius 3 is 2.54 bits per heavy atom. The van der Waals surface area contributed by atoms with Gasteiger partial charge in [-0.3, -0.25) is 19.2 Å². The Balaban J connectivity index is 2.54. The van der Waals surface area contributed by atoms with Crippen LogP contribution < -0.4 is 4.31 Å². The predicted molar refractivity (Wildman–Crippen MR) is 98.4 cm³/mol. The first-order chi connectivity index (χ1) is 12.3. The predicted octanol–water partition coefficient (Wildman–Crippen LogP) is 3.12. The van der Waals surface area contributed by atoms with Gasteiger partial charge in [0.05, 0.1) is 22.1 Å². The average molecular weight is 443 g/mol. The van der Waals surface area contributed by atoms with Crippen molar-refractivity contribution in [1.29, 1.82) is 0 Å². The fourth-order valence-corrected chi connectivity index (χ4v) is 3.98. The topological polar surface area (TPSA) is 107 Å². The molecule has 10 heteroatoms. The lowest BCUT2D eigenvalue weighted by Gasteiger charge is -2.23. The number of carbonyl (C=O) groups excluding carboxylic acids is 1. The van der Waals surface area contributed by atoms with Crippen molar-refractivity contribution in [2.45, 2.75) is 11.8 Å². The number of nitro benzene ring substituents is 1. The third-order valence-corrected chi connectivity index (χ3v) is 5.55. The second-order valence-corrected chi connectivity index (χ2v) is 7.83. The van der Waals surface area contributed by atoms with Crippen molar-refractivity contribution in [3.8, 4) is 0 Å². The average Bonchev–Trinajstić information content (AvgIpc) is 2.60. The molecule has 0 aromatic heterocycles. The van der Waals surface area contributed by atoms with E-state index in [1.807, 2.05) is 0 Å². The zero-order valence-electron chi connectivity index (χ0n) is 13.7. The van der Waals surface area contributed by atoms with Crippen LogP contribution in [0.3, 0.4) is 0 Å². The van der Waals surface area contributed by atoms with Crippen LogP contribution in [0.2, 0.25) is 0 Å². The number of nitro groups is 1. The number of halogens is 1. The summed E-state index contributed by atoms with van der Waals surface area (Å²) >= 11 is 3.25. The number of carbonyl (C=O) groups is 1. The fourth-order valence-electron chi connectivity index (χ4n) is 2.15. The SMILES string of the molecule is CCOC(=O)CN(c1cccc(Br)c1)S(=O)(=O)c1cccc([N+](=O)[O-])c1. The maximum absolute atomic E-state index is 13.0. The molecule has 0 amide bonds. The summed E-state index contributed by atoms with van der Waals surface area (Å²) in [5.74, 6) is -0.735. The van der Waals surface area contributed by atoms with Gasteiger partial charge in [-0.15, -0.1) is 0 Å². The molecule has 0 heterocycles. The highest BCUT2D eigenvalue weighted by atomic mass is 79.9. The van der Waals surface area contributed by atoms with Gasteiger partial charge in [0.2, 0.25) is 0 Å². The van der Waals surface area contributed by atoms with Crippen LogP contribution in [0.5, 0.6) is 0 Å². The van der Waals surface area contributed by atoms with E-state index in [1.54, 1.807) is 19.1 Å². The minimum Gasteiger partial charge on any atom is -0.465 e. The van der Waals surface area contributed by atoms with Crippen LogP contribution >= 0.6 is 15.9 Å². The second-order valence-electron chi connectivity index (χ2n) is 5.05. The molecule has 0 saturated heterocycles. The van der Waals surface area contributed by atoms with Crippen molar-refractivity contribution in [2.24, 2.45) is 0 Å². The quantitative estimate of drug-likeness (QED) is 0.370. The Morgan fingerprint density at radius 1 is 1.23 bits per heavy atom. The molecule has 0 N–H and O–H groups in total. The van der Waals surface area contributed by atoms with Crippen molar-refractivity contribution in [3.05, 3.63) is 63.1 Å². The number of anilines is 1. The smallest absolute Gasteiger partial charge is 0.326 e. The van der Waals surface area contributed by atoms with Gasteiger partial charge in [-0.25, -0.2) is 8.42 Å². The molecule has 26 heavy (non-hydrogen) atoms. The lowest BCUT2D eigenvalue weighted by atomic mass is 10.3. The number of sulfonamides is 1. The standard InChI is InChI=1S/C16H15BrN2O6S/c1-2-25-16(20)11-18(13-6-3-5-12(17)9-13)26(23,24)15-8-4-7-14(10-15)19(21)22/h3-10H,2,11H2,1H3. The van der Waals surface area contributed by atoms with Gasteiger partial charge in [0.25, 0.3) is 15.7 Å². The second kappa shape index (κ2) is 8.28. The normalized spacial score (nSPS) is 11.0. The summed E-state index contributed by atoms with van der Waals surface area (Å²) in [6.07, 6.45) is 0. The van der Waals surface area contributed by atoms with Crippen molar-refractivity contribution in [2.75, 3.05) is 17.5 Å². The molecule has 0 atom stereocenters. The van der Waals surface area contributed by atoms with Crippen LogP contribution in [0.15, 0.2) is 57.9 Å². The first kappa shape index (κ1) is 19.9. The number of ether oxygens (including phenoxy) is 1. The summed E-state index contributed by atoms with van der Waals surface area (Å²) < 4.78 is 32.4. The highest BCUT2D eigenvalue weighted by molar-refractivity contribution is 9.10. The van der Waals surface area contributed by atoms with Gasteiger partial charge < -0.3 is 4.74 Å². The zero-order chi connectivity index (χ0) is 19.3. The number of benzene rings is 2. The zero-order valence-corrected chi connectivity index (χ0v) is 16.1. The number of esters is 1. The Morgan fingerprint density at radius 2 is 1.92 bits per heavy atom. The summed E-state index contributed by atoms with van der Waals surface area (Å²) in [5.41, 5.74) is -0.143. The molecule has 0 aliphatic carbocycles. The Bertz CT molecular complexity index is 932. The molecule has 0 spiro atoms. The summed E-state index contributed by atoms with van der Waals surface area (Å²) in [5, 5.41) is 10.9. The van der Waals surface area contributed by atoms with Gasteiger partial charge in [0, 0.05) is 16.6 Å². The summed E-state index contributed by atoms with van der Waals surface area (Å²) in [6.45, 7) is 1.15. The molecular weight excluding hydrogens is 428 g/mol. The lowest BCUT2D eigenvalue weighted by molar-refractivity contribution is -0.385. The number of nitrogens with zero attached hydrogens (tertiary/aromatic N) is 2. The van der Waals surface area contributed by atoms with Gasteiger partial charge in [-0.05, 0) is 31.2 Å². The molecule has 2 aromatic carbocycles. The maximum atomic E-state index is 13.0. The Labute approximate surface area is 158 Å². The summed E-state index contributed by atoms with van der Waals surface area (Å²) in [6, 6.07) is 11.0. The van der Waals surface area contributed by atoms with Crippen molar-refractivity contribution in [1.82, 2.24) is 0 Å². The van der Waals surface area contributed by atoms with Crippen molar-refractivity contribution < 1.29 is 22.9 Å². The molecule has 8 nitrogen and oxygen atoms in total. The van der Waals surface area contributed by atoms with Crippen LogP contribution in [0.1, 0.15) is 6.92 Å². The number of non-ortho nitro benzene ring substituents is 1. The van der Waals surface area contributed by atoms with E-state index in [0.29, 0.717) is 4.47 Å². The first-order valence-corrected chi connectivity index (χ1v) is 9.67. The lowest BCUT2D eigenvalue weighted by Crippen LogP contribution is -2.36. The van der Waals surface area contributed by atoms with E-state index in [9.17, 15) is 23.3 Å². The number of hydrogen-bond acceptors (Lipinski definition) is 6. The third-order valence-electron chi connectivity index (χ3n) is 3.29. The monoisotopic (exact) mass is 442 g/mol. The third kappa shape index (κ3) is 4.58. The van der Waals surface area contributed by atoms with Crippen LogP contribution in [-0.2, 0) is 19.6 Å². The molecular formula is C16H15BrN2O6S. The summed E-state index contributed by atoms with van der Waals surface area (Å²) in [7, 11) is -4.23. The molecule has 0 aliphatic rings. The molecule has 0 unspecified atom stereocenters. The van der Waals surface area contributed by atoms with E-state index in [4.69, 9.17) is 4.74 Å². The van der Waals surface area contributed by atoms with E-state index in [2.05, 4.69) is 15.9 Å². The minimum absolute atomic E-state index is 0.0992. The van der Waals surface area contributed by atoms with Gasteiger partial charge in [-0.1, -0.05) is 28.1 Å². The molecule has 0 radical (unpaired) electrons. The van der Waals surface area contributed by atoms with Crippen LogP contribution in [-0.4, -0.2) is 32.5 Å². The summed E-state index contributed by atoms with van der Waals surface area (Å²) in [4.78, 5) is 21.9. The molecule has 2 rings (SSSR count). The van der Waals surface area contributed by atoms with Gasteiger partial charge in [0.1, 0.15) is 6.54 Å². The minimum atomic E-state index is -4.23. The van der Waals surface area contributed by atoms with E-state index in [-0.39, 0.29) is 22.9 Å². The molecule has 0 saturated carbocycles. The molecule has 0 fully saturated rings. The number of hydrogen-bond donors (Lipinski definition) is 0. The van der Waals surface area contributed by atoms with E-state index >= 15 is 0 Å². The largest absolute Gasteiger partial charge is 0.465 e. The molecule has 0 aliphatic heterocycles. The highest BCUT2D eigenvalue weighted by Gasteiger charge is 2.29. The van der Waals surface area contributed by atoms with Crippen molar-refractivity contribution in [3.63, 3.8) is 0 Å². The van der Waals surface area contributed by atoms with Gasteiger partial charge >= 0.3 is 5.97 Å². The van der Waals surface area contributed by atoms with Crippen LogP contribution in [0.4, 0.5) is 11.4 Å². The maximum Gasteiger partial charge on any atom is 0.326 e. The Kier molecular flexibility index (Phi) is 6.32. The Hall–Kier alpha value is -2.46. The molecule has 0 bridgehead atoms. The molecule has 2 aromatic rings. The van der Waals surface area contributed by atoms with Crippen molar-refractivity contribution >= 4 is 43.3 Å². The van der Waals surface area contributed by atoms with Crippen LogP contribution in [0.25, 0.3) is 0 Å². The van der Waals surface area contributed by atoms with Gasteiger partial charge in [0.15, 0.2) is 0 Å². The number of rotatable bonds is 7.